The van der Waals surface area contributed by atoms with E-state index < -0.39 is 0 Å². The summed E-state index contributed by atoms with van der Waals surface area (Å²) >= 11 is 0. The Labute approximate surface area is 96.6 Å². The molecule has 3 heteroatoms. The van der Waals surface area contributed by atoms with E-state index in [1.54, 1.807) is 6.07 Å². The molecule has 1 aromatic rings. The van der Waals surface area contributed by atoms with Gasteiger partial charge in [0.05, 0.1) is 6.10 Å². The number of benzene rings is 1. The van der Waals surface area contributed by atoms with E-state index in [0.29, 0.717) is 12.3 Å². The minimum absolute atomic E-state index is 0.0122. The minimum Gasteiger partial charge on any atom is -0.488 e. The maximum absolute atomic E-state index is 13.7. The molecule has 1 atom stereocenters. The lowest BCUT2D eigenvalue weighted by molar-refractivity contribution is 0.231. The zero-order chi connectivity index (χ0) is 12.1. The van der Waals surface area contributed by atoms with E-state index in [9.17, 15) is 4.39 Å². The molecule has 1 aromatic carbocycles. The third-order valence-electron chi connectivity index (χ3n) is 2.49. The second-order valence-electron chi connectivity index (χ2n) is 4.33. The predicted octanol–water partition coefficient (Wildman–Crippen LogP) is 3.07. The molecule has 0 aliphatic carbocycles. The minimum atomic E-state index is -0.296. The van der Waals surface area contributed by atoms with Gasteiger partial charge in [-0.05, 0) is 50.4 Å². The molecular weight excluding hydrogens is 205 g/mol. The van der Waals surface area contributed by atoms with Crippen molar-refractivity contribution in [1.82, 2.24) is 0 Å². The standard InChI is InChI=1S/C13H20FNO/c1-9(2)16-13-5-4-11(8-12(13)14)10(3)6-7-15/h4-5,8-10H,6-7,15H2,1-3H3. The smallest absolute Gasteiger partial charge is 0.165 e. The van der Waals surface area contributed by atoms with Gasteiger partial charge in [-0.25, -0.2) is 4.39 Å². The Morgan fingerprint density at radius 2 is 2.00 bits per heavy atom. The Balaban J connectivity index is 2.82. The normalized spacial score (nSPS) is 12.9. The summed E-state index contributed by atoms with van der Waals surface area (Å²) in [7, 11) is 0. The largest absolute Gasteiger partial charge is 0.488 e. The van der Waals surface area contributed by atoms with Crippen LogP contribution in [0.4, 0.5) is 4.39 Å². The zero-order valence-corrected chi connectivity index (χ0v) is 10.2. The number of rotatable bonds is 5. The molecule has 0 bridgehead atoms. The molecule has 0 heterocycles. The van der Waals surface area contributed by atoms with Gasteiger partial charge in [-0.15, -0.1) is 0 Å². The van der Waals surface area contributed by atoms with Crippen molar-refractivity contribution >= 4 is 0 Å². The molecular formula is C13H20FNO. The molecule has 0 saturated heterocycles. The second-order valence-corrected chi connectivity index (χ2v) is 4.33. The Kier molecular flexibility index (Phi) is 4.74. The number of nitrogens with two attached hydrogens (primary N) is 1. The van der Waals surface area contributed by atoms with Crippen molar-refractivity contribution in [3.05, 3.63) is 29.6 Å². The topological polar surface area (TPSA) is 35.2 Å². The molecule has 0 saturated carbocycles. The quantitative estimate of drug-likeness (QED) is 0.835. The predicted molar refractivity (Wildman–Crippen MR) is 64.3 cm³/mol. The first kappa shape index (κ1) is 13.0. The Morgan fingerprint density at radius 3 is 2.50 bits per heavy atom. The molecule has 90 valence electrons. The van der Waals surface area contributed by atoms with E-state index >= 15 is 0 Å². The molecule has 0 radical (unpaired) electrons. The highest BCUT2D eigenvalue weighted by Gasteiger charge is 2.10. The van der Waals surface area contributed by atoms with E-state index in [-0.39, 0.29) is 17.8 Å². The fraction of sp³-hybridized carbons (Fsp3) is 0.538. The highest BCUT2D eigenvalue weighted by molar-refractivity contribution is 5.31. The SMILES string of the molecule is CC(C)Oc1ccc(C(C)CCN)cc1F. The highest BCUT2D eigenvalue weighted by atomic mass is 19.1. The van der Waals surface area contributed by atoms with Crippen molar-refractivity contribution in [2.24, 2.45) is 5.73 Å². The first-order valence-electron chi connectivity index (χ1n) is 5.70. The zero-order valence-electron chi connectivity index (χ0n) is 10.2. The van der Waals surface area contributed by atoms with Crippen LogP contribution in [0.15, 0.2) is 18.2 Å². The summed E-state index contributed by atoms with van der Waals surface area (Å²) in [5, 5.41) is 0. The summed E-state index contributed by atoms with van der Waals surface area (Å²) in [6.45, 7) is 6.42. The summed E-state index contributed by atoms with van der Waals surface area (Å²) < 4.78 is 19.0. The summed E-state index contributed by atoms with van der Waals surface area (Å²) in [6.07, 6.45) is 0.853. The van der Waals surface area contributed by atoms with Crippen molar-refractivity contribution in [2.75, 3.05) is 6.54 Å². The van der Waals surface area contributed by atoms with Crippen LogP contribution in [-0.2, 0) is 0 Å². The number of hydrogen-bond acceptors (Lipinski definition) is 2. The number of ether oxygens (including phenoxy) is 1. The summed E-state index contributed by atoms with van der Waals surface area (Å²) in [5.41, 5.74) is 6.45. The van der Waals surface area contributed by atoms with Crippen LogP contribution in [-0.4, -0.2) is 12.6 Å². The molecule has 0 fully saturated rings. The lowest BCUT2D eigenvalue weighted by atomic mass is 9.98. The lowest BCUT2D eigenvalue weighted by Gasteiger charge is -2.14. The van der Waals surface area contributed by atoms with Crippen molar-refractivity contribution in [3.63, 3.8) is 0 Å². The molecule has 0 aliphatic rings. The average molecular weight is 225 g/mol. The van der Waals surface area contributed by atoms with Crippen LogP contribution in [0, 0.1) is 5.82 Å². The Hall–Kier alpha value is -1.09. The molecule has 0 amide bonds. The third-order valence-corrected chi connectivity index (χ3v) is 2.49. The first-order valence-corrected chi connectivity index (χ1v) is 5.70. The van der Waals surface area contributed by atoms with Gasteiger partial charge in [-0.3, -0.25) is 0 Å². The van der Waals surface area contributed by atoms with Crippen LogP contribution in [0.5, 0.6) is 5.75 Å². The van der Waals surface area contributed by atoms with Gasteiger partial charge < -0.3 is 10.5 Å². The monoisotopic (exact) mass is 225 g/mol. The van der Waals surface area contributed by atoms with Gasteiger partial charge in [-0.2, -0.15) is 0 Å². The molecule has 0 spiro atoms. The van der Waals surface area contributed by atoms with Crippen LogP contribution >= 0.6 is 0 Å². The van der Waals surface area contributed by atoms with Crippen molar-refractivity contribution in [3.8, 4) is 5.75 Å². The van der Waals surface area contributed by atoms with Crippen LogP contribution in [0.1, 0.15) is 38.7 Å². The maximum Gasteiger partial charge on any atom is 0.165 e. The first-order chi connectivity index (χ1) is 7.54. The van der Waals surface area contributed by atoms with Crippen molar-refractivity contribution < 1.29 is 9.13 Å². The maximum atomic E-state index is 13.7. The highest BCUT2D eigenvalue weighted by Crippen LogP contribution is 2.25. The summed E-state index contributed by atoms with van der Waals surface area (Å²) in [5.74, 6) is 0.307. The van der Waals surface area contributed by atoms with Gasteiger partial charge in [0.25, 0.3) is 0 Å². The number of hydrogen-bond donors (Lipinski definition) is 1. The molecule has 1 unspecified atom stereocenters. The Bertz CT molecular complexity index is 339. The van der Waals surface area contributed by atoms with Crippen LogP contribution < -0.4 is 10.5 Å². The van der Waals surface area contributed by atoms with Gasteiger partial charge in [0.1, 0.15) is 0 Å². The number of halogens is 1. The average Bonchev–Trinajstić information content (AvgIpc) is 2.20. The Morgan fingerprint density at radius 1 is 1.31 bits per heavy atom. The van der Waals surface area contributed by atoms with Gasteiger partial charge in [0.15, 0.2) is 11.6 Å². The van der Waals surface area contributed by atoms with Gasteiger partial charge in [0, 0.05) is 0 Å². The fourth-order valence-electron chi connectivity index (χ4n) is 1.59. The molecule has 2 N–H and O–H groups in total. The van der Waals surface area contributed by atoms with E-state index in [1.807, 2.05) is 26.8 Å². The van der Waals surface area contributed by atoms with E-state index in [2.05, 4.69) is 0 Å². The van der Waals surface area contributed by atoms with Crippen LogP contribution in [0.25, 0.3) is 0 Å². The van der Waals surface area contributed by atoms with Crippen molar-refractivity contribution in [2.45, 2.75) is 39.2 Å². The van der Waals surface area contributed by atoms with Gasteiger partial charge >= 0.3 is 0 Å². The van der Waals surface area contributed by atoms with Gasteiger partial charge in [0.2, 0.25) is 0 Å². The molecule has 1 rings (SSSR count). The lowest BCUT2D eigenvalue weighted by Crippen LogP contribution is -2.08. The second kappa shape index (κ2) is 5.85. The van der Waals surface area contributed by atoms with E-state index in [1.165, 1.54) is 6.07 Å². The summed E-state index contributed by atoms with van der Waals surface area (Å²) in [6, 6.07) is 5.14. The third kappa shape index (κ3) is 3.49. The van der Waals surface area contributed by atoms with Crippen molar-refractivity contribution in [1.29, 1.82) is 0 Å². The van der Waals surface area contributed by atoms with Crippen LogP contribution in [0.3, 0.4) is 0 Å². The molecule has 0 aromatic heterocycles. The van der Waals surface area contributed by atoms with Crippen LogP contribution in [0.2, 0.25) is 0 Å². The molecule has 2 nitrogen and oxygen atoms in total. The molecule has 0 aliphatic heterocycles. The van der Waals surface area contributed by atoms with Gasteiger partial charge in [-0.1, -0.05) is 13.0 Å². The fourth-order valence-corrected chi connectivity index (χ4v) is 1.59. The molecule has 16 heavy (non-hydrogen) atoms. The van der Waals surface area contributed by atoms with E-state index in [0.717, 1.165) is 12.0 Å². The van der Waals surface area contributed by atoms with E-state index in [4.69, 9.17) is 10.5 Å². The summed E-state index contributed by atoms with van der Waals surface area (Å²) in [4.78, 5) is 0.